The molecule has 2 heterocycles. The standard InChI is InChI=1S/C15H12BrFN4/c1-21-15(18)13(12-4-2-3-5-19-12)14(20-21)9-6-10(16)8-11(17)7-9/h2-8H,18H2,1H3. The van der Waals surface area contributed by atoms with Crippen LogP contribution in [0.15, 0.2) is 47.1 Å². The van der Waals surface area contributed by atoms with Crippen LogP contribution in [0.3, 0.4) is 0 Å². The summed E-state index contributed by atoms with van der Waals surface area (Å²) in [5, 5.41) is 4.40. The molecule has 2 N–H and O–H groups in total. The predicted octanol–water partition coefficient (Wildman–Crippen LogP) is 3.63. The van der Waals surface area contributed by atoms with Crippen LogP contribution in [-0.4, -0.2) is 14.8 Å². The Kier molecular flexibility index (Phi) is 3.47. The number of rotatable bonds is 2. The molecule has 4 nitrogen and oxygen atoms in total. The second-order valence-electron chi connectivity index (χ2n) is 4.61. The van der Waals surface area contributed by atoms with Crippen LogP contribution in [0, 0.1) is 5.82 Å². The molecule has 106 valence electrons. The van der Waals surface area contributed by atoms with Crippen molar-refractivity contribution in [2.45, 2.75) is 0 Å². The van der Waals surface area contributed by atoms with Gasteiger partial charge in [-0.05, 0) is 30.3 Å². The number of anilines is 1. The molecule has 3 aromatic rings. The minimum absolute atomic E-state index is 0.337. The Balaban J connectivity index is 2.26. The van der Waals surface area contributed by atoms with E-state index in [2.05, 4.69) is 26.0 Å². The molecule has 21 heavy (non-hydrogen) atoms. The van der Waals surface area contributed by atoms with Crippen molar-refractivity contribution in [2.24, 2.45) is 7.05 Å². The number of nitrogens with two attached hydrogens (primary N) is 1. The maximum Gasteiger partial charge on any atom is 0.131 e. The molecule has 0 bridgehead atoms. The predicted molar refractivity (Wildman–Crippen MR) is 83.9 cm³/mol. The molecule has 0 spiro atoms. The molecule has 0 amide bonds. The van der Waals surface area contributed by atoms with E-state index in [9.17, 15) is 4.39 Å². The van der Waals surface area contributed by atoms with Gasteiger partial charge in [0, 0.05) is 23.3 Å². The lowest BCUT2D eigenvalue weighted by Crippen LogP contribution is -1.98. The number of aromatic nitrogens is 3. The van der Waals surface area contributed by atoms with Gasteiger partial charge in [-0.3, -0.25) is 9.67 Å². The summed E-state index contributed by atoms with van der Waals surface area (Å²) in [5.74, 6) is 0.152. The number of nitrogens with zero attached hydrogens (tertiary/aromatic N) is 3. The van der Waals surface area contributed by atoms with Gasteiger partial charge in [0.25, 0.3) is 0 Å². The van der Waals surface area contributed by atoms with Gasteiger partial charge >= 0.3 is 0 Å². The summed E-state index contributed by atoms with van der Waals surface area (Å²) >= 11 is 3.29. The van der Waals surface area contributed by atoms with Crippen LogP contribution in [0.4, 0.5) is 10.2 Å². The molecule has 2 aromatic heterocycles. The molecule has 0 atom stereocenters. The molecule has 0 aliphatic rings. The fourth-order valence-corrected chi connectivity index (χ4v) is 2.66. The Morgan fingerprint density at radius 1 is 1.24 bits per heavy atom. The van der Waals surface area contributed by atoms with E-state index in [4.69, 9.17) is 5.73 Å². The molecule has 0 aliphatic carbocycles. The first-order valence-electron chi connectivity index (χ1n) is 6.26. The zero-order valence-electron chi connectivity index (χ0n) is 11.2. The van der Waals surface area contributed by atoms with Crippen molar-refractivity contribution in [2.75, 3.05) is 5.73 Å². The molecule has 0 radical (unpaired) electrons. The first-order chi connectivity index (χ1) is 10.1. The number of halogens is 2. The van der Waals surface area contributed by atoms with E-state index < -0.39 is 0 Å². The second kappa shape index (κ2) is 5.29. The number of hydrogen-bond acceptors (Lipinski definition) is 3. The monoisotopic (exact) mass is 346 g/mol. The number of benzene rings is 1. The Morgan fingerprint density at radius 3 is 2.71 bits per heavy atom. The van der Waals surface area contributed by atoms with E-state index >= 15 is 0 Å². The van der Waals surface area contributed by atoms with Crippen LogP contribution < -0.4 is 5.73 Å². The number of hydrogen-bond donors (Lipinski definition) is 1. The summed E-state index contributed by atoms with van der Waals surface area (Å²) in [5.41, 5.74) is 8.77. The first-order valence-corrected chi connectivity index (χ1v) is 7.06. The molecule has 1 aromatic carbocycles. The van der Waals surface area contributed by atoms with Crippen LogP contribution in [-0.2, 0) is 7.05 Å². The molecular formula is C15H12BrFN4. The molecule has 3 rings (SSSR count). The molecule has 0 unspecified atom stereocenters. The van der Waals surface area contributed by atoms with Crippen molar-refractivity contribution in [1.29, 1.82) is 0 Å². The summed E-state index contributed by atoms with van der Waals surface area (Å²) in [6.07, 6.45) is 1.69. The van der Waals surface area contributed by atoms with Gasteiger partial charge in [-0.2, -0.15) is 5.10 Å². The Hall–Kier alpha value is -2.21. The maximum absolute atomic E-state index is 13.6. The summed E-state index contributed by atoms with van der Waals surface area (Å²) in [6, 6.07) is 10.2. The van der Waals surface area contributed by atoms with E-state index in [1.165, 1.54) is 12.1 Å². The van der Waals surface area contributed by atoms with E-state index in [1.54, 1.807) is 24.0 Å². The summed E-state index contributed by atoms with van der Waals surface area (Å²) in [4.78, 5) is 4.32. The fraction of sp³-hybridized carbons (Fsp3) is 0.0667. The lowest BCUT2D eigenvalue weighted by Gasteiger charge is -2.04. The highest BCUT2D eigenvalue weighted by Gasteiger charge is 2.19. The average Bonchev–Trinajstić information content (AvgIpc) is 2.75. The molecule has 0 fully saturated rings. The van der Waals surface area contributed by atoms with Gasteiger partial charge in [0.05, 0.1) is 11.3 Å². The van der Waals surface area contributed by atoms with Gasteiger partial charge in [0.2, 0.25) is 0 Å². The van der Waals surface area contributed by atoms with E-state index in [-0.39, 0.29) is 5.82 Å². The van der Waals surface area contributed by atoms with E-state index in [1.807, 2.05) is 18.2 Å². The Morgan fingerprint density at radius 2 is 2.05 bits per heavy atom. The number of pyridine rings is 1. The highest BCUT2D eigenvalue weighted by atomic mass is 79.9. The Labute approximate surface area is 129 Å². The van der Waals surface area contributed by atoms with Gasteiger partial charge in [-0.15, -0.1) is 0 Å². The quantitative estimate of drug-likeness (QED) is 0.770. The maximum atomic E-state index is 13.6. The fourth-order valence-electron chi connectivity index (χ4n) is 2.19. The van der Waals surface area contributed by atoms with Crippen molar-refractivity contribution in [3.63, 3.8) is 0 Å². The zero-order valence-corrected chi connectivity index (χ0v) is 12.8. The smallest absolute Gasteiger partial charge is 0.131 e. The van der Waals surface area contributed by atoms with Gasteiger partial charge in [-0.1, -0.05) is 22.0 Å². The van der Waals surface area contributed by atoms with Crippen molar-refractivity contribution in [1.82, 2.24) is 14.8 Å². The van der Waals surface area contributed by atoms with Crippen LogP contribution >= 0.6 is 15.9 Å². The summed E-state index contributed by atoms with van der Waals surface area (Å²) in [6.45, 7) is 0. The molecule has 0 saturated carbocycles. The first kappa shape index (κ1) is 13.8. The summed E-state index contributed by atoms with van der Waals surface area (Å²) in [7, 11) is 1.75. The normalized spacial score (nSPS) is 10.8. The minimum atomic E-state index is -0.337. The number of aryl methyl sites for hydroxylation is 1. The van der Waals surface area contributed by atoms with Crippen LogP contribution in [0.1, 0.15) is 0 Å². The molecule has 0 aliphatic heterocycles. The zero-order chi connectivity index (χ0) is 15.0. The lowest BCUT2D eigenvalue weighted by molar-refractivity contribution is 0.627. The third kappa shape index (κ3) is 2.54. The molecule has 6 heteroatoms. The largest absolute Gasteiger partial charge is 0.383 e. The van der Waals surface area contributed by atoms with Crippen molar-refractivity contribution in [3.05, 3.63) is 52.9 Å². The number of nitrogen functional groups attached to an aromatic ring is 1. The van der Waals surface area contributed by atoms with Gasteiger partial charge < -0.3 is 5.73 Å². The Bertz CT molecular complexity index is 779. The highest BCUT2D eigenvalue weighted by Crippen LogP contribution is 2.35. The van der Waals surface area contributed by atoms with Crippen molar-refractivity contribution in [3.8, 4) is 22.5 Å². The van der Waals surface area contributed by atoms with Gasteiger partial charge in [0.1, 0.15) is 17.3 Å². The van der Waals surface area contributed by atoms with Crippen molar-refractivity contribution < 1.29 is 4.39 Å². The summed E-state index contributed by atoms with van der Waals surface area (Å²) < 4.78 is 15.9. The molecule has 0 saturated heterocycles. The van der Waals surface area contributed by atoms with Gasteiger partial charge in [-0.25, -0.2) is 4.39 Å². The van der Waals surface area contributed by atoms with E-state index in [0.29, 0.717) is 32.8 Å². The van der Waals surface area contributed by atoms with E-state index in [0.717, 1.165) is 0 Å². The van der Waals surface area contributed by atoms with Crippen LogP contribution in [0.2, 0.25) is 0 Å². The van der Waals surface area contributed by atoms with Crippen LogP contribution in [0.5, 0.6) is 0 Å². The SMILES string of the molecule is Cn1nc(-c2cc(F)cc(Br)c2)c(-c2ccccn2)c1N. The third-order valence-electron chi connectivity index (χ3n) is 3.15. The minimum Gasteiger partial charge on any atom is -0.383 e. The third-order valence-corrected chi connectivity index (χ3v) is 3.61. The highest BCUT2D eigenvalue weighted by molar-refractivity contribution is 9.10. The molecular weight excluding hydrogens is 335 g/mol. The average molecular weight is 347 g/mol. The van der Waals surface area contributed by atoms with Crippen LogP contribution in [0.25, 0.3) is 22.5 Å². The topological polar surface area (TPSA) is 56.7 Å². The lowest BCUT2D eigenvalue weighted by atomic mass is 10.0. The second-order valence-corrected chi connectivity index (χ2v) is 5.52. The van der Waals surface area contributed by atoms with Crippen molar-refractivity contribution >= 4 is 21.7 Å². The van der Waals surface area contributed by atoms with Gasteiger partial charge in [0.15, 0.2) is 0 Å².